The molecule has 3 N–H and O–H groups in total. The molecule has 2 aromatic carbocycles. The molecule has 0 saturated heterocycles. The topological polar surface area (TPSA) is 68.0 Å². The van der Waals surface area contributed by atoms with Crippen LogP contribution in [0, 0.1) is 13.8 Å². The van der Waals surface area contributed by atoms with E-state index in [0.29, 0.717) is 10.7 Å². The highest BCUT2D eigenvalue weighted by atomic mass is 32.1. The van der Waals surface area contributed by atoms with E-state index in [9.17, 15) is 4.79 Å². The second kappa shape index (κ2) is 5.18. The van der Waals surface area contributed by atoms with Gasteiger partial charge < -0.3 is 11.1 Å². The average molecular weight is 297 g/mol. The molecule has 0 aliphatic heterocycles. The Labute approximate surface area is 126 Å². The Morgan fingerprint density at radius 3 is 2.81 bits per heavy atom. The predicted octanol–water partition coefficient (Wildman–Crippen LogP) is 3.75. The molecule has 0 saturated carbocycles. The van der Waals surface area contributed by atoms with Crippen LogP contribution in [0.2, 0.25) is 0 Å². The molecule has 3 rings (SSSR count). The van der Waals surface area contributed by atoms with E-state index in [1.165, 1.54) is 11.3 Å². The second-order valence-corrected chi connectivity index (χ2v) is 6.08. The van der Waals surface area contributed by atoms with Crippen molar-refractivity contribution >= 4 is 38.3 Å². The molecule has 4 nitrogen and oxygen atoms in total. The number of rotatable bonds is 2. The fourth-order valence-electron chi connectivity index (χ4n) is 2.28. The Hall–Kier alpha value is -2.40. The highest BCUT2D eigenvalue weighted by Gasteiger charge is 2.10. The lowest BCUT2D eigenvalue weighted by atomic mass is 10.1. The van der Waals surface area contributed by atoms with E-state index >= 15 is 0 Å². The first-order valence-corrected chi connectivity index (χ1v) is 7.39. The van der Waals surface area contributed by atoms with Crippen molar-refractivity contribution in [1.82, 2.24) is 4.98 Å². The number of benzene rings is 2. The molecule has 0 atom stereocenters. The molecular weight excluding hydrogens is 282 g/mol. The standard InChI is InChI=1S/C16H15N3OS/c1-9-4-3-5-11(6-9)15(20)18-12-7-10(2)14-13(8-12)21-16(17)19-14/h3-8H,1-2H3,(H2,17,19)(H,18,20). The first-order valence-electron chi connectivity index (χ1n) is 6.57. The zero-order valence-corrected chi connectivity index (χ0v) is 12.6. The minimum absolute atomic E-state index is 0.116. The lowest BCUT2D eigenvalue weighted by Gasteiger charge is -2.07. The molecular formula is C16H15N3OS. The number of hydrogen-bond acceptors (Lipinski definition) is 4. The van der Waals surface area contributed by atoms with Gasteiger partial charge in [0.15, 0.2) is 5.13 Å². The van der Waals surface area contributed by atoms with E-state index in [4.69, 9.17) is 5.73 Å². The van der Waals surface area contributed by atoms with Crippen molar-refractivity contribution in [3.05, 3.63) is 53.1 Å². The molecule has 5 heteroatoms. The molecule has 1 aromatic heterocycles. The van der Waals surface area contributed by atoms with Gasteiger partial charge in [0.25, 0.3) is 5.91 Å². The van der Waals surface area contributed by atoms with E-state index in [1.807, 2.05) is 44.2 Å². The monoisotopic (exact) mass is 297 g/mol. The minimum Gasteiger partial charge on any atom is -0.375 e. The zero-order chi connectivity index (χ0) is 15.0. The summed E-state index contributed by atoms with van der Waals surface area (Å²) in [6.45, 7) is 3.93. The van der Waals surface area contributed by atoms with Crippen LogP contribution in [-0.2, 0) is 0 Å². The highest BCUT2D eigenvalue weighted by Crippen LogP contribution is 2.29. The van der Waals surface area contributed by atoms with Gasteiger partial charge in [0.2, 0.25) is 0 Å². The van der Waals surface area contributed by atoms with Gasteiger partial charge in [-0.2, -0.15) is 0 Å². The van der Waals surface area contributed by atoms with Gasteiger partial charge in [0, 0.05) is 11.3 Å². The maximum absolute atomic E-state index is 12.3. The smallest absolute Gasteiger partial charge is 0.255 e. The average Bonchev–Trinajstić information content (AvgIpc) is 2.80. The van der Waals surface area contributed by atoms with E-state index < -0.39 is 0 Å². The van der Waals surface area contributed by atoms with Crippen molar-refractivity contribution < 1.29 is 4.79 Å². The third-order valence-electron chi connectivity index (χ3n) is 3.24. The fourth-order valence-corrected chi connectivity index (χ4v) is 3.13. The van der Waals surface area contributed by atoms with Crippen LogP contribution in [0.15, 0.2) is 36.4 Å². The molecule has 0 bridgehead atoms. The summed E-state index contributed by atoms with van der Waals surface area (Å²) in [7, 11) is 0. The summed E-state index contributed by atoms with van der Waals surface area (Å²) in [5.74, 6) is -0.116. The van der Waals surface area contributed by atoms with E-state index in [2.05, 4.69) is 10.3 Å². The number of hydrogen-bond donors (Lipinski definition) is 2. The quantitative estimate of drug-likeness (QED) is 0.757. The molecule has 1 amide bonds. The number of nitrogens with one attached hydrogen (secondary N) is 1. The summed E-state index contributed by atoms with van der Waals surface area (Å²) >= 11 is 1.42. The third-order valence-corrected chi connectivity index (χ3v) is 4.07. The first kappa shape index (κ1) is 13.6. The van der Waals surface area contributed by atoms with Gasteiger partial charge in [-0.3, -0.25) is 4.79 Å². The van der Waals surface area contributed by atoms with Crippen LogP contribution < -0.4 is 11.1 Å². The van der Waals surface area contributed by atoms with Crippen LogP contribution in [0.1, 0.15) is 21.5 Å². The van der Waals surface area contributed by atoms with Crippen LogP contribution in [0.3, 0.4) is 0 Å². The van der Waals surface area contributed by atoms with Crippen molar-refractivity contribution in [2.45, 2.75) is 13.8 Å². The summed E-state index contributed by atoms with van der Waals surface area (Å²) in [5, 5.41) is 3.46. The molecule has 0 spiro atoms. The summed E-state index contributed by atoms with van der Waals surface area (Å²) in [5.41, 5.74) is 10.1. The molecule has 1 heterocycles. The lowest BCUT2D eigenvalue weighted by Crippen LogP contribution is -2.12. The predicted molar refractivity (Wildman–Crippen MR) is 87.9 cm³/mol. The largest absolute Gasteiger partial charge is 0.375 e. The van der Waals surface area contributed by atoms with Crippen molar-refractivity contribution in [1.29, 1.82) is 0 Å². The van der Waals surface area contributed by atoms with Gasteiger partial charge in [0.1, 0.15) is 0 Å². The van der Waals surface area contributed by atoms with Crippen molar-refractivity contribution in [3.63, 3.8) is 0 Å². The normalized spacial score (nSPS) is 10.8. The molecule has 0 radical (unpaired) electrons. The van der Waals surface area contributed by atoms with E-state index in [1.54, 1.807) is 6.07 Å². The molecule has 0 fully saturated rings. The SMILES string of the molecule is Cc1cccc(C(=O)Nc2cc(C)c3nc(N)sc3c2)c1. The zero-order valence-electron chi connectivity index (χ0n) is 11.8. The Balaban J connectivity index is 1.92. The molecule has 106 valence electrons. The maximum atomic E-state index is 12.3. The van der Waals surface area contributed by atoms with Gasteiger partial charge in [-0.1, -0.05) is 29.0 Å². The van der Waals surface area contributed by atoms with Crippen LogP contribution in [0.4, 0.5) is 10.8 Å². The van der Waals surface area contributed by atoms with Crippen LogP contribution in [0.5, 0.6) is 0 Å². The number of nitrogen functional groups attached to an aromatic ring is 1. The van der Waals surface area contributed by atoms with Crippen molar-refractivity contribution in [2.75, 3.05) is 11.1 Å². The Morgan fingerprint density at radius 1 is 1.24 bits per heavy atom. The second-order valence-electron chi connectivity index (χ2n) is 5.02. The van der Waals surface area contributed by atoms with Crippen LogP contribution in [0.25, 0.3) is 10.2 Å². The number of aromatic nitrogens is 1. The molecule has 3 aromatic rings. The van der Waals surface area contributed by atoms with E-state index in [-0.39, 0.29) is 5.91 Å². The highest BCUT2D eigenvalue weighted by molar-refractivity contribution is 7.22. The van der Waals surface area contributed by atoms with Gasteiger partial charge in [-0.05, 0) is 43.7 Å². The number of aryl methyl sites for hydroxylation is 2. The number of thiazole rings is 1. The minimum atomic E-state index is -0.116. The molecule has 0 unspecified atom stereocenters. The van der Waals surface area contributed by atoms with E-state index in [0.717, 1.165) is 27.0 Å². The summed E-state index contributed by atoms with van der Waals surface area (Å²) in [6.07, 6.45) is 0. The Kier molecular flexibility index (Phi) is 3.35. The number of carbonyl (C=O) groups is 1. The van der Waals surface area contributed by atoms with Crippen molar-refractivity contribution in [2.24, 2.45) is 0 Å². The van der Waals surface area contributed by atoms with Gasteiger partial charge >= 0.3 is 0 Å². The Morgan fingerprint density at radius 2 is 2.05 bits per heavy atom. The summed E-state index contributed by atoms with van der Waals surface area (Å²) < 4.78 is 0.979. The number of carbonyl (C=O) groups excluding carboxylic acids is 1. The Bertz CT molecular complexity index is 839. The maximum Gasteiger partial charge on any atom is 0.255 e. The van der Waals surface area contributed by atoms with Crippen LogP contribution >= 0.6 is 11.3 Å². The summed E-state index contributed by atoms with van der Waals surface area (Å²) in [6, 6.07) is 11.3. The molecule has 21 heavy (non-hydrogen) atoms. The number of nitrogens with two attached hydrogens (primary N) is 1. The molecule has 0 aliphatic carbocycles. The summed E-state index contributed by atoms with van der Waals surface area (Å²) in [4.78, 5) is 16.6. The number of amides is 1. The fraction of sp³-hybridized carbons (Fsp3) is 0.125. The molecule has 0 aliphatic rings. The van der Waals surface area contributed by atoms with Gasteiger partial charge in [-0.25, -0.2) is 4.98 Å². The van der Waals surface area contributed by atoms with Crippen molar-refractivity contribution in [3.8, 4) is 0 Å². The van der Waals surface area contributed by atoms with Gasteiger partial charge in [0.05, 0.1) is 10.2 Å². The number of nitrogens with zero attached hydrogens (tertiary/aromatic N) is 1. The third kappa shape index (κ3) is 2.73. The van der Waals surface area contributed by atoms with Gasteiger partial charge in [-0.15, -0.1) is 0 Å². The first-order chi connectivity index (χ1) is 10.0. The number of fused-ring (bicyclic) bond motifs is 1. The van der Waals surface area contributed by atoms with Crippen LogP contribution in [-0.4, -0.2) is 10.9 Å². The lowest BCUT2D eigenvalue weighted by molar-refractivity contribution is 0.102. The number of anilines is 2.